The van der Waals surface area contributed by atoms with Crippen LogP contribution in [0.3, 0.4) is 0 Å². The molecule has 1 atom stereocenters. The Labute approximate surface area is 172 Å². The first-order valence-corrected chi connectivity index (χ1v) is 10.2. The van der Waals surface area contributed by atoms with Gasteiger partial charge in [0, 0.05) is 31.9 Å². The van der Waals surface area contributed by atoms with Crippen LogP contribution in [0.5, 0.6) is 11.5 Å². The molecule has 29 heavy (non-hydrogen) atoms. The summed E-state index contributed by atoms with van der Waals surface area (Å²) in [6.07, 6.45) is 0.751. The third kappa shape index (κ3) is 4.11. The molecule has 2 amide bonds. The minimum atomic E-state index is -0.0286. The van der Waals surface area contributed by atoms with Gasteiger partial charge in [0.05, 0.1) is 13.2 Å². The van der Waals surface area contributed by atoms with Crippen LogP contribution in [0.1, 0.15) is 16.7 Å². The van der Waals surface area contributed by atoms with Gasteiger partial charge in [0.25, 0.3) is 0 Å². The van der Waals surface area contributed by atoms with Crippen LogP contribution < -0.4 is 19.7 Å². The van der Waals surface area contributed by atoms with Crippen molar-refractivity contribution in [3.05, 3.63) is 53.1 Å². The Morgan fingerprint density at radius 1 is 1.14 bits per heavy atom. The van der Waals surface area contributed by atoms with Gasteiger partial charge in [-0.25, -0.2) is 4.79 Å². The van der Waals surface area contributed by atoms with E-state index in [1.54, 1.807) is 7.11 Å². The highest BCUT2D eigenvalue weighted by Gasteiger charge is 2.26. The summed E-state index contributed by atoms with van der Waals surface area (Å²) in [5.41, 5.74) is 4.97. The van der Waals surface area contributed by atoms with Gasteiger partial charge in [0.2, 0.25) is 0 Å². The molecule has 2 heterocycles. The van der Waals surface area contributed by atoms with Crippen molar-refractivity contribution in [2.45, 2.75) is 26.3 Å². The van der Waals surface area contributed by atoms with Crippen molar-refractivity contribution in [3.63, 3.8) is 0 Å². The Bertz CT molecular complexity index is 891. The van der Waals surface area contributed by atoms with Crippen LogP contribution in [0.25, 0.3) is 0 Å². The molecule has 2 aliphatic rings. The standard InChI is InChI=1S/C23H29N3O3/c1-16-5-4-6-21(17(16)2)25-9-11-26(12-10-25)23(27)24-19-13-18-14-20(28-3)7-8-22(18)29-15-19/h4-8,14,19H,9-13,15H2,1-3H3,(H,24,27). The van der Waals surface area contributed by atoms with E-state index in [9.17, 15) is 4.79 Å². The Balaban J connectivity index is 1.33. The first-order chi connectivity index (χ1) is 14.0. The van der Waals surface area contributed by atoms with Gasteiger partial charge in [-0.15, -0.1) is 0 Å². The zero-order valence-electron chi connectivity index (χ0n) is 17.4. The number of carbonyl (C=O) groups is 1. The molecular weight excluding hydrogens is 366 g/mol. The van der Waals surface area contributed by atoms with Crippen molar-refractivity contribution in [1.82, 2.24) is 10.2 Å². The quantitative estimate of drug-likeness (QED) is 0.868. The lowest BCUT2D eigenvalue weighted by Gasteiger charge is -2.38. The summed E-state index contributed by atoms with van der Waals surface area (Å²) in [4.78, 5) is 17.1. The van der Waals surface area contributed by atoms with E-state index in [1.807, 2.05) is 23.1 Å². The number of carbonyl (C=O) groups excluding carboxylic acids is 1. The number of nitrogens with one attached hydrogen (secondary N) is 1. The first-order valence-electron chi connectivity index (χ1n) is 10.2. The number of aryl methyl sites for hydroxylation is 1. The highest BCUT2D eigenvalue weighted by molar-refractivity contribution is 5.75. The summed E-state index contributed by atoms with van der Waals surface area (Å²) >= 11 is 0. The molecule has 0 saturated carbocycles. The second kappa shape index (κ2) is 8.23. The highest BCUT2D eigenvalue weighted by Crippen LogP contribution is 2.29. The van der Waals surface area contributed by atoms with Gasteiger partial charge in [-0.3, -0.25) is 0 Å². The van der Waals surface area contributed by atoms with Gasteiger partial charge in [-0.05, 0) is 61.2 Å². The van der Waals surface area contributed by atoms with E-state index in [0.29, 0.717) is 6.61 Å². The smallest absolute Gasteiger partial charge is 0.317 e. The van der Waals surface area contributed by atoms with Crippen LogP contribution in [0.2, 0.25) is 0 Å². The van der Waals surface area contributed by atoms with E-state index in [2.05, 4.69) is 42.3 Å². The van der Waals surface area contributed by atoms with E-state index < -0.39 is 0 Å². The van der Waals surface area contributed by atoms with E-state index in [-0.39, 0.29) is 12.1 Å². The van der Waals surface area contributed by atoms with Crippen molar-refractivity contribution >= 4 is 11.7 Å². The molecule has 6 nitrogen and oxygen atoms in total. The monoisotopic (exact) mass is 395 g/mol. The Kier molecular flexibility index (Phi) is 5.51. The molecule has 6 heteroatoms. The number of hydrogen-bond acceptors (Lipinski definition) is 4. The molecular formula is C23H29N3O3. The normalized spacial score (nSPS) is 18.7. The number of nitrogens with zero attached hydrogens (tertiary/aromatic N) is 2. The number of piperazine rings is 1. The molecule has 0 spiro atoms. The molecule has 1 fully saturated rings. The van der Waals surface area contributed by atoms with Gasteiger partial charge in [-0.1, -0.05) is 12.1 Å². The predicted octanol–water partition coefficient (Wildman–Crippen LogP) is 3.15. The molecule has 2 aliphatic heterocycles. The molecule has 1 saturated heterocycles. The maximum absolute atomic E-state index is 12.8. The summed E-state index contributed by atoms with van der Waals surface area (Å²) in [6, 6.07) is 12.2. The van der Waals surface area contributed by atoms with Crippen molar-refractivity contribution in [2.75, 3.05) is 44.8 Å². The number of fused-ring (bicyclic) bond motifs is 1. The molecule has 154 valence electrons. The molecule has 0 aromatic heterocycles. The number of urea groups is 1. The summed E-state index contributed by atoms with van der Waals surface area (Å²) in [7, 11) is 1.66. The van der Waals surface area contributed by atoms with Gasteiger partial charge in [-0.2, -0.15) is 0 Å². The van der Waals surface area contributed by atoms with Crippen molar-refractivity contribution in [1.29, 1.82) is 0 Å². The fraction of sp³-hybridized carbons (Fsp3) is 0.435. The fourth-order valence-electron chi connectivity index (χ4n) is 4.09. The summed E-state index contributed by atoms with van der Waals surface area (Å²) in [6.45, 7) is 7.93. The van der Waals surface area contributed by atoms with Crippen LogP contribution >= 0.6 is 0 Å². The van der Waals surface area contributed by atoms with E-state index in [4.69, 9.17) is 9.47 Å². The van der Waals surface area contributed by atoms with Crippen LogP contribution in [0.4, 0.5) is 10.5 Å². The minimum absolute atomic E-state index is 0.00874. The lowest BCUT2D eigenvalue weighted by atomic mass is 10.0. The average Bonchev–Trinajstić information content (AvgIpc) is 2.75. The van der Waals surface area contributed by atoms with Gasteiger partial charge in [0.1, 0.15) is 18.1 Å². The SMILES string of the molecule is COc1ccc2c(c1)CC(NC(=O)N1CCN(c3cccc(C)c3C)CC1)CO2. The highest BCUT2D eigenvalue weighted by atomic mass is 16.5. The largest absolute Gasteiger partial charge is 0.497 e. The maximum Gasteiger partial charge on any atom is 0.317 e. The molecule has 0 bridgehead atoms. The number of ether oxygens (including phenoxy) is 2. The molecule has 0 aliphatic carbocycles. The maximum atomic E-state index is 12.8. The molecule has 1 unspecified atom stereocenters. The lowest BCUT2D eigenvalue weighted by Crippen LogP contribution is -2.55. The second-order valence-electron chi connectivity index (χ2n) is 7.83. The topological polar surface area (TPSA) is 54.0 Å². The van der Waals surface area contributed by atoms with Crippen molar-refractivity contribution in [3.8, 4) is 11.5 Å². The van der Waals surface area contributed by atoms with Crippen LogP contribution in [-0.2, 0) is 6.42 Å². The molecule has 0 radical (unpaired) electrons. The van der Waals surface area contributed by atoms with E-state index in [1.165, 1.54) is 16.8 Å². The summed E-state index contributed by atoms with van der Waals surface area (Å²) in [5, 5.41) is 3.14. The van der Waals surface area contributed by atoms with Crippen LogP contribution in [0.15, 0.2) is 36.4 Å². The third-order valence-corrected chi connectivity index (χ3v) is 5.99. The summed E-state index contributed by atoms with van der Waals surface area (Å²) < 4.78 is 11.1. The number of anilines is 1. The third-order valence-electron chi connectivity index (χ3n) is 5.99. The molecule has 4 rings (SSSR count). The zero-order chi connectivity index (χ0) is 20.4. The number of methoxy groups -OCH3 is 1. The van der Waals surface area contributed by atoms with Crippen LogP contribution in [-0.4, -0.2) is 56.9 Å². The van der Waals surface area contributed by atoms with Crippen molar-refractivity contribution < 1.29 is 14.3 Å². The van der Waals surface area contributed by atoms with Gasteiger partial charge < -0.3 is 24.6 Å². The number of benzene rings is 2. The number of hydrogen-bond donors (Lipinski definition) is 1. The molecule has 2 aromatic rings. The second-order valence-corrected chi connectivity index (χ2v) is 7.83. The Morgan fingerprint density at radius 3 is 2.69 bits per heavy atom. The number of amides is 2. The Morgan fingerprint density at radius 2 is 1.93 bits per heavy atom. The number of rotatable bonds is 3. The van der Waals surface area contributed by atoms with E-state index in [0.717, 1.165) is 49.7 Å². The van der Waals surface area contributed by atoms with Crippen molar-refractivity contribution in [2.24, 2.45) is 0 Å². The first kappa shape index (κ1) is 19.4. The minimum Gasteiger partial charge on any atom is -0.497 e. The predicted molar refractivity (Wildman–Crippen MR) is 114 cm³/mol. The molecule has 2 aromatic carbocycles. The van der Waals surface area contributed by atoms with E-state index >= 15 is 0 Å². The summed E-state index contributed by atoms with van der Waals surface area (Å²) in [5.74, 6) is 1.68. The molecule has 1 N–H and O–H groups in total. The Hall–Kier alpha value is -2.89. The van der Waals surface area contributed by atoms with Gasteiger partial charge in [0.15, 0.2) is 0 Å². The zero-order valence-corrected chi connectivity index (χ0v) is 17.4. The van der Waals surface area contributed by atoms with Crippen LogP contribution in [0, 0.1) is 13.8 Å². The van der Waals surface area contributed by atoms with Gasteiger partial charge >= 0.3 is 6.03 Å². The average molecular weight is 396 g/mol. The lowest BCUT2D eigenvalue weighted by molar-refractivity contribution is 0.178. The fourth-order valence-corrected chi connectivity index (χ4v) is 4.09.